The molecule has 0 spiro atoms. The molecule has 3 unspecified atom stereocenters. The first-order valence-electron chi connectivity index (χ1n) is 11.9. The van der Waals surface area contributed by atoms with Gasteiger partial charge in [-0.25, -0.2) is 4.79 Å². The largest absolute Gasteiger partial charge is 0.507 e. The van der Waals surface area contributed by atoms with E-state index in [2.05, 4.69) is 26.0 Å². The number of esters is 1. The molecule has 3 nitrogen and oxygen atoms in total. The molecule has 1 saturated carbocycles. The SMILES string of the molecule is CC(c1ccccc1)C1(C(C)c2ccccc2)OC(=O)C(C(c2ccccc2)C2CC2)=C1O. The van der Waals surface area contributed by atoms with E-state index in [0.29, 0.717) is 11.5 Å². The molecule has 33 heavy (non-hydrogen) atoms. The van der Waals surface area contributed by atoms with Crippen LogP contribution >= 0.6 is 0 Å². The monoisotopic (exact) mass is 438 g/mol. The van der Waals surface area contributed by atoms with Gasteiger partial charge in [-0.2, -0.15) is 0 Å². The van der Waals surface area contributed by atoms with E-state index in [1.165, 1.54) is 0 Å². The van der Waals surface area contributed by atoms with Crippen molar-refractivity contribution in [2.24, 2.45) is 5.92 Å². The van der Waals surface area contributed by atoms with Crippen LogP contribution in [-0.4, -0.2) is 16.7 Å². The quantitative estimate of drug-likeness (QED) is 0.408. The number of cyclic esters (lactones) is 1. The molecule has 5 rings (SSSR count). The number of aliphatic hydroxyl groups excluding tert-OH is 1. The summed E-state index contributed by atoms with van der Waals surface area (Å²) in [7, 11) is 0. The number of rotatable bonds is 7. The van der Waals surface area contributed by atoms with Gasteiger partial charge in [0.05, 0.1) is 5.57 Å². The molecule has 1 aliphatic carbocycles. The van der Waals surface area contributed by atoms with E-state index >= 15 is 0 Å². The van der Waals surface area contributed by atoms with Gasteiger partial charge in [0.2, 0.25) is 0 Å². The summed E-state index contributed by atoms with van der Waals surface area (Å²) in [5, 5.41) is 12.0. The second kappa shape index (κ2) is 8.55. The first kappa shape index (κ1) is 21.5. The lowest BCUT2D eigenvalue weighted by Gasteiger charge is -2.39. The van der Waals surface area contributed by atoms with Crippen LogP contribution in [0.15, 0.2) is 102 Å². The highest BCUT2D eigenvalue weighted by Gasteiger charge is 2.58. The molecule has 0 bridgehead atoms. The number of benzene rings is 3. The number of carbonyl (C=O) groups is 1. The van der Waals surface area contributed by atoms with Crippen molar-refractivity contribution in [3.8, 4) is 0 Å². The van der Waals surface area contributed by atoms with E-state index in [1.807, 2.05) is 78.9 Å². The zero-order chi connectivity index (χ0) is 23.0. The summed E-state index contributed by atoms with van der Waals surface area (Å²) >= 11 is 0. The summed E-state index contributed by atoms with van der Waals surface area (Å²) in [5.74, 6) is -0.546. The Morgan fingerprint density at radius 3 is 1.61 bits per heavy atom. The molecule has 3 aromatic carbocycles. The van der Waals surface area contributed by atoms with Gasteiger partial charge in [0.1, 0.15) is 5.76 Å². The van der Waals surface area contributed by atoms with Crippen molar-refractivity contribution < 1.29 is 14.6 Å². The van der Waals surface area contributed by atoms with E-state index in [9.17, 15) is 9.90 Å². The van der Waals surface area contributed by atoms with E-state index in [4.69, 9.17) is 4.74 Å². The Balaban J connectivity index is 1.69. The first-order valence-corrected chi connectivity index (χ1v) is 11.9. The van der Waals surface area contributed by atoms with E-state index in [0.717, 1.165) is 29.5 Å². The van der Waals surface area contributed by atoms with Crippen molar-refractivity contribution in [3.05, 3.63) is 119 Å². The smallest absolute Gasteiger partial charge is 0.339 e. The minimum Gasteiger partial charge on any atom is -0.507 e. The summed E-state index contributed by atoms with van der Waals surface area (Å²) in [4.78, 5) is 13.6. The van der Waals surface area contributed by atoms with Crippen molar-refractivity contribution in [1.82, 2.24) is 0 Å². The van der Waals surface area contributed by atoms with Crippen LogP contribution in [0.3, 0.4) is 0 Å². The third-order valence-corrected chi connectivity index (χ3v) is 7.56. The number of hydrogen-bond donors (Lipinski definition) is 1. The number of ether oxygens (including phenoxy) is 1. The number of hydrogen-bond acceptors (Lipinski definition) is 3. The third-order valence-electron chi connectivity index (χ3n) is 7.56. The Morgan fingerprint density at radius 2 is 1.18 bits per heavy atom. The van der Waals surface area contributed by atoms with Crippen molar-refractivity contribution in [1.29, 1.82) is 0 Å². The summed E-state index contributed by atoms with van der Waals surface area (Å²) in [6.07, 6.45) is 2.11. The molecule has 1 aliphatic heterocycles. The van der Waals surface area contributed by atoms with Crippen molar-refractivity contribution in [3.63, 3.8) is 0 Å². The summed E-state index contributed by atoms with van der Waals surface area (Å²) in [5.41, 5.74) is 2.40. The molecule has 3 aromatic rings. The fourth-order valence-electron chi connectivity index (χ4n) is 5.54. The molecular weight excluding hydrogens is 408 g/mol. The fraction of sp³-hybridized carbons (Fsp3) is 0.300. The second-order valence-corrected chi connectivity index (χ2v) is 9.44. The van der Waals surface area contributed by atoms with Gasteiger partial charge in [-0.1, -0.05) is 105 Å². The molecule has 168 valence electrons. The van der Waals surface area contributed by atoms with Crippen LogP contribution in [0.25, 0.3) is 0 Å². The van der Waals surface area contributed by atoms with E-state index in [1.54, 1.807) is 0 Å². The van der Waals surface area contributed by atoms with Crippen molar-refractivity contribution in [2.75, 3.05) is 0 Å². The van der Waals surface area contributed by atoms with Gasteiger partial charge in [0, 0.05) is 17.8 Å². The number of carbonyl (C=O) groups excluding carboxylic acids is 1. The van der Waals surface area contributed by atoms with Crippen LogP contribution in [0, 0.1) is 5.92 Å². The molecule has 0 amide bonds. The van der Waals surface area contributed by atoms with Gasteiger partial charge in [-0.05, 0) is 35.4 Å². The highest BCUT2D eigenvalue weighted by atomic mass is 16.6. The minimum atomic E-state index is -1.17. The van der Waals surface area contributed by atoms with Gasteiger partial charge in [-0.15, -0.1) is 0 Å². The average molecular weight is 439 g/mol. The zero-order valence-electron chi connectivity index (χ0n) is 19.1. The van der Waals surface area contributed by atoms with Crippen LogP contribution in [-0.2, 0) is 9.53 Å². The Labute approximate surface area is 195 Å². The number of aliphatic hydroxyl groups is 1. The predicted octanol–water partition coefficient (Wildman–Crippen LogP) is 6.90. The van der Waals surface area contributed by atoms with Crippen LogP contribution in [0.1, 0.15) is 61.1 Å². The average Bonchev–Trinajstić information content (AvgIpc) is 3.67. The van der Waals surface area contributed by atoms with Crippen LogP contribution < -0.4 is 0 Å². The molecule has 0 radical (unpaired) electrons. The Kier molecular flexibility index (Phi) is 5.57. The maximum atomic E-state index is 13.6. The molecule has 3 atom stereocenters. The lowest BCUT2D eigenvalue weighted by atomic mass is 9.70. The van der Waals surface area contributed by atoms with Crippen molar-refractivity contribution >= 4 is 5.97 Å². The summed E-state index contributed by atoms with van der Waals surface area (Å²) in [6.45, 7) is 4.10. The Hall–Kier alpha value is -3.33. The fourth-order valence-corrected chi connectivity index (χ4v) is 5.54. The van der Waals surface area contributed by atoms with Gasteiger partial charge in [0.15, 0.2) is 5.60 Å². The zero-order valence-corrected chi connectivity index (χ0v) is 19.1. The highest BCUT2D eigenvalue weighted by Crippen LogP contribution is 2.56. The minimum absolute atomic E-state index is 0.0981. The second-order valence-electron chi connectivity index (χ2n) is 9.44. The maximum absolute atomic E-state index is 13.6. The molecule has 3 heteroatoms. The summed E-state index contributed by atoms with van der Waals surface area (Å²) < 4.78 is 6.32. The Bertz CT molecular complexity index is 1100. The predicted molar refractivity (Wildman–Crippen MR) is 130 cm³/mol. The lowest BCUT2D eigenvalue weighted by Crippen LogP contribution is -2.43. The molecule has 0 saturated heterocycles. The normalized spacial score (nSPS) is 23.2. The lowest BCUT2D eigenvalue weighted by molar-refractivity contribution is -0.152. The van der Waals surface area contributed by atoms with Gasteiger partial charge in [-0.3, -0.25) is 0 Å². The van der Waals surface area contributed by atoms with Crippen LogP contribution in [0.2, 0.25) is 0 Å². The molecule has 2 aliphatic rings. The molecule has 1 N–H and O–H groups in total. The molecule has 1 heterocycles. The standard InChI is InChI=1S/C30H30O3/c1-20(22-12-6-3-7-13-22)30(21(2)23-14-8-4-9-15-23)28(31)27(29(32)33-30)26(25-18-19-25)24-16-10-5-11-17-24/h3-17,20-21,25-26,31H,18-19H2,1-2H3. The van der Waals surface area contributed by atoms with E-state index in [-0.39, 0.29) is 29.5 Å². The molecule has 0 aromatic heterocycles. The third kappa shape index (κ3) is 3.66. The van der Waals surface area contributed by atoms with Crippen molar-refractivity contribution in [2.45, 2.75) is 50.0 Å². The van der Waals surface area contributed by atoms with Gasteiger partial charge in [0.25, 0.3) is 0 Å². The maximum Gasteiger partial charge on any atom is 0.339 e. The first-order chi connectivity index (χ1) is 16.0. The van der Waals surface area contributed by atoms with Gasteiger partial charge < -0.3 is 9.84 Å². The highest BCUT2D eigenvalue weighted by molar-refractivity contribution is 5.95. The van der Waals surface area contributed by atoms with E-state index < -0.39 is 5.60 Å². The molecule has 1 fully saturated rings. The topological polar surface area (TPSA) is 46.5 Å². The van der Waals surface area contributed by atoms with Crippen LogP contribution in [0.5, 0.6) is 0 Å². The Morgan fingerprint density at radius 1 is 0.758 bits per heavy atom. The molecular formula is C30H30O3. The van der Waals surface area contributed by atoms with Gasteiger partial charge >= 0.3 is 5.97 Å². The summed E-state index contributed by atoms with van der Waals surface area (Å²) in [6, 6.07) is 30.1. The van der Waals surface area contributed by atoms with Crippen LogP contribution in [0.4, 0.5) is 0 Å².